The molecule has 0 saturated carbocycles. The normalized spacial score (nSPS) is 19.1. The summed E-state index contributed by atoms with van der Waals surface area (Å²) in [5.41, 5.74) is 0.555. The Morgan fingerprint density at radius 2 is 2.29 bits per heavy atom. The average Bonchev–Trinajstić information content (AvgIpc) is 2.73. The van der Waals surface area contributed by atoms with Crippen LogP contribution in [0.1, 0.15) is 25.0 Å². The van der Waals surface area contributed by atoms with Gasteiger partial charge in [0.15, 0.2) is 0 Å². The molecule has 5 nitrogen and oxygen atoms in total. The van der Waals surface area contributed by atoms with E-state index in [1.807, 2.05) is 17.8 Å². The molecular weight excluding hydrogens is 218 g/mol. The smallest absolute Gasteiger partial charge is 0.309 e. The van der Waals surface area contributed by atoms with Crippen molar-refractivity contribution in [1.82, 2.24) is 15.1 Å². The van der Waals surface area contributed by atoms with E-state index in [2.05, 4.69) is 10.4 Å². The summed E-state index contributed by atoms with van der Waals surface area (Å²) in [4.78, 5) is 11.5. The quantitative estimate of drug-likeness (QED) is 0.813. The van der Waals surface area contributed by atoms with Gasteiger partial charge in [-0.2, -0.15) is 5.10 Å². The summed E-state index contributed by atoms with van der Waals surface area (Å²) in [6.07, 6.45) is 4.68. The molecule has 94 valence electrons. The zero-order valence-electron chi connectivity index (χ0n) is 10.1. The van der Waals surface area contributed by atoms with Crippen LogP contribution in [0.2, 0.25) is 0 Å². The third-order valence-corrected chi connectivity index (χ3v) is 3.80. The van der Waals surface area contributed by atoms with Crippen LogP contribution >= 0.6 is 0 Å². The van der Waals surface area contributed by atoms with E-state index in [0.29, 0.717) is 6.42 Å². The summed E-state index contributed by atoms with van der Waals surface area (Å²) in [7, 11) is 1.89. The van der Waals surface area contributed by atoms with Crippen molar-refractivity contribution in [1.29, 1.82) is 0 Å². The van der Waals surface area contributed by atoms with Gasteiger partial charge in [-0.1, -0.05) is 0 Å². The predicted molar refractivity (Wildman–Crippen MR) is 63.7 cm³/mol. The van der Waals surface area contributed by atoms with Gasteiger partial charge in [0, 0.05) is 18.9 Å². The van der Waals surface area contributed by atoms with Gasteiger partial charge >= 0.3 is 5.97 Å². The Labute approximate surface area is 101 Å². The fourth-order valence-corrected chi connectivity index (χ4v) is 2.49. The Morgan fingerprint density at radius 3 is 2.82 bits per heavy atom. The molecule has 1 aromatic heterocycles. The topological polar surface area (TPSA) is 67.2 Å². The van der Waals surface area contributed by atoms with Gasteiger partial charge in [0.1, 0.15) is 0 Å². The highest BCUT2D eigenvalue weighted by Gasteiger charge is 2.39. The van der Waals surface area contributed by atoms with Crippen molar-refractivity contribution in [2.75, 3.05) is 13.1 Å². The molecule has 1 fully saturated rings. The first kappa shape index (κ1) is 12.1. The highest BCUT2D eigenvalue weighted by atomic mass is 16.4. The Morgan fingerprint density at radius 1 is 1.59 bits per heavy atom. The SMILES string of the molecule is Cn1nccc1CCC1(C(=O)O)CCNCC1. The lowest BCUT2D eigenvalue weighted by Crippen LogP contribution is -2.42. The minimum absolute atomic E-state index is 0.546. The second-order valence-corrected chi connectivity index (χ2v) is 4.78. The number of rotatable bonds is 4. The minimum atomic E-state index is -0.652. The Balaban J connectivity index is 2.03. The van der Waals surface area contributed by atoms with Crippen molar-refractivity contribution >= 4 is 5.97 Å². The second kappa shape index (κ2) is 4.87. The molecule has 0 bridgehead atoms. The zero-order valence-corrected chi connectivity index (χ0v) is 10.1. The number of carboxylic acids is 1. The monoisotopic (exact) mass is 237 g/mol. The maximum absolute atomic E-state index is 11.5. The summed E-state index contributed by atoms with van der Waals surface area (Å²) in [6, 6.07) is 1.95. The van der Waals surface area contributed by atoms with E-state index in [1.54, 1.807) is 6.20 Å². The Kier molecular flexibility index (Phi) is 3.47. The van der Waals surface area contributed by atoms with Crippen molar-refractivity contribution in [2.24, 2.45) is 12.5 Å². The molecule has 0 spiro atoms. The van der Waals surface area contributed by atoms with E-state index in [4.69, 9.17) is 0 Å². The number of piperidine rings is 1. The van der Waals surface area contributed by atoms with Crippen molar-refractivity contribution in [3.63, 3.8) is 0 Å². The van der Waals surface area contributed by atoms with Gasteiger partial charge in [0.05, 0.1) is 5.41 Å². The third-order valence-electron chi connectivity index (χ3n) is 3.80. The number of nitrogens with one attached hydrogen (secondary N) is 1. The summed E-state index contributed by atoms with van der Waals surface area (Å²) < 4.78 is 1.82. The van der Waals surface area contributed by atoms with Gasteiger partial charge in [-0.25, -0.2) is 0 Å². The van der Waals surface area contributed by atoms with Gasteiger partial charge in [0.25, 0.3) is 0 Å². The van der Waals surface area contributed by atoms with Crippen LogP contribution in [0.3, 0.4) is 0 Å². The fraction of sp³-hybridized carbons (Fsp3) is 0.667. The van der Waals surface area contributed by atoms with E-state index in [0.717, 1.165) is 38.0 Å². The third kappa shape index (κ3) is 2.49. The molecule has 1 aliphatic heterocycles. The maximum atomic E-state index is 11.5. The molecule has 0 aromatic carbocycles. The number of aryl methyl sites for hydroxylation is 2. The number of aromatic nitrogens is 2. The predicted octanol–water partition coefficient (Wildman–Crippen LogP) is 0.807. The molecule has 1 saturated heterocycles. The van der Waals surface area contributed by atoms with Gasteiger partial charge in [-0.15, -0.1) is 0 Å². The molecule has 0 atom stereocenters. The van der Waals surface area contributed by atoms with Crippen LogP contribution < -0.4 is 5.32 Å². The van der Waals surface area contributed by atoms with Crippen LogP contribution in [-0.4, -0.2) is 33.9 Å². The van der Waals surface area contributed by atoms with E-state index in [1.165, 1.54) is 0 Å². The molecule has 2 heterocycles. The lowest BCUT2D eigenvalue weighted by molar-refractivity contribution is -0.151. The molecular formula is C12H19N3O2. The summed E-state index contributed by atoms with van der Waals surface area (Å²) >= 11 is 0. The first-order valence-electron chi connectivity index (χ1n) is 6.05. The number of carbonyl (C=O) groups is 1. The lowest BCUT2D eigenvalue weighted by atomic mass is 9.75. The standard InChI is InChI=1S/C12H19N3O2/c1-15-10(3-7-14-15)2-4-12(11(16)17)5-8-13-9-6-12/h3,7,13H,2,4-6,8-9H2,1H3,(H,16,17). The number of nitrogens with zero attached hydrogens (tertiary/aromatic N) is 2. The van der Waals surface area contributed by atoms with Gasteiger partial charge < -0.3 is 10.4 Å². The van der Waals surface area contributed by atoms with E-state index in [9.17, 15) is 9.90 Å². The summed E-state index contributed by atoms with van der Waals surface area (Å²) in [5.74, 6) is -0.652. The van der Waals surface area contributed by atoms with Crippen molar-refractivity contribution < 1.29 is 9.90 Å². The Hall–Kier alpha value is -1.36. The van der Waals surface area contributed by atoms with Crippen LogP contribution in [0.25, 0.3) is 0 Å². The number of carboxylic acid groups (broad SMARTS) is 1. The molecule has 0 amide bonds. The minimum Gasteiger partial charge on any atom is -0.481 e. The second-order valence-electron chi connectivity index (χ2n) is 4.78. The molecule has 2 N–H and O–H groups in total. The molecule has 17 heavy (non-hydrogen) atoms. The average molecular weight is 237 g/mol. The summed E-state index contributed by atoms with van der Waals surface area (Å²) in [5, 5.41) is 16.8. The first-order chi connectivity index (χ1) is 8.14. The lowest BCUT2D eigenvalue weighted by Gasteiger charge is -2.33. The van der Waals surface area contributed by atoms with Gasteiger partial charge in [-0.05, 0) is 44.8 Å². The number of hydrogen-bond donors (Lipinski definition) is 2. The molecule has 5 heteroatoms. The van der Waals surface area contributed by atoms with Crippen LogP contribution in [-0.2, 0) is 18.3 Å². The van der Waals surface area contributed by atoms with Crippen LogP contribution in [0.15, 0.2) is 12.3 Å². The van der Waals surface area contributed by atoms with Gasteiger partial charge in [-0.3, -0.25) is 9.48 Å². The highest BCUT2D eigenvalue weighted by Crippen LogP contribution is 2.34. The number of aliphatic carboxylic acids is 1. The molecule has 0 radical (unpaired) electrons. The van der Waals surface area contributed by atoms with Crippen LogP contribution in [0.5, 0.6) is 0 Å². The zero-order chi connectivity index (χ0) is 12.3. The molecule has 0 unspecified atom stereocenters. The molecule has 1 aliphatic rings. The van der Waals surface area contributed by atoms with Crippen molar-refractivity contribution in [3.05, 3.63) is 18.0 Å². The Bertz CT molecular complexity index is 394. The van der Waals surface area contributed by atoms with Crippen LogP contribution in [0.4, 0.5) is 0 Å². The van der Waals surface area contributed by atoms with E-state index < -0.39 is 11.4 Å². The molecule has 2 rings (SSSR count). The van der Waals surface area contributed by atoms with Crippen molar-refractivity contribution in [3.8, 4) is 0 Å². The van der Waals surface area contributed by atoms with E-state index in [-0.39, 0.29) is 0 Å². The van der Waals surface area contributed by atoms with E-state index >= 15 is 0 Å². The summed E-state index contributed by atoms with van der Waals surface area (Å²) in [6.45, 7) is 1.61. The molecule has 0 aliphatic carbocycles. The largest absolute Gasteiger partial charge is 0.481 e. The first-order valence-corrected chi connectivity index (χ1v) is 6.05. The van der Waals surface area contributed by atoms with Crippen molar-refractivity contribution in [2.45, 2.75) is 25.7 Å². The maximum Gasteiger partial charge on any atom is 0.309 e. The number of hydrogen-bond acceptors (Lipinski definition) is 3. The highest BCUT2D eigenvalue weighted by molar-refractivity contribution is 5.74. The molecule has 1 aromatic rings. The fourth-order valence-electron chi connectivity index (χ4n) is 2.49. The van der Waals surface area contributed by atoms with Crippen LogP contribution in [0, 0.1) is 5.41 Å². The van der Waals surface area contributed by atoms with Gasteiger partial charge in [0.2, 0.25) is 0 Å².